The van der Waals surface area contributed by atoms with E-state index in [9.17, 15) is 14.0 Å². The van der Waals surface area contributed by atoms with Crippen LogP contribution < -0.4 is 20.7 Å². The number of fused-ring (bicyclic) bond motifs is 1. The number of aryl methyl sites for hydroxylation is 2. The van der Waals surface area contributed by atoms with Crippen molar-refractivity contribution in [2.45, 2.75) is 33.2 Å². The summed E-state index contributed by atoms with van der Waals surface area (Å²) >= 11 is 0. The lowest BCUT2D eigenvalue weighted by Crippen LogP contribution is -2.41. The molecule has 1 fully saturated rings. The normalized spacial score (nSPS) is 18.1. The number of hydrogen-bond donors (Lipinski definition) is 1. The van der Waals surface area contributed by atoms with Gasteiger partial charge in [-0.05, 0) is 62.6 Å². The van der Waals surface area contributed by atoms with Crippen LogP contribution >= 0.6 is 0 Å². The highest BCUT2D eigenvalue weighted by molar-refractivity contribution is 6.05. The monoisotopic (exact) mass is 447 g/mol. The molecule has 170 valence electrons. The summed E-state index contributed by atoms with van der Waals surface area (Å²) in [4.78, 5) is 35.3. The number of urea groups is 1. The minimum atomic E-state index is -0.301. The van der Waals surface area contributed by atoms with Gasteiger partial charge in [0.15, 0.2) is 0 Å². The van der Waals surface area contributed by atoms with Gasteiger partial charge < -0.3 is 5.32 Å². The maximum absolute atomic E-state index is 14.4. The van der Waals surface area contributed by atoms with Gasteiger partial charge in [-0.25, -0.2) is 18.7 Å². The molecule has 0 spiro atoms. The first kappa shape index (κ1) is 21.3. The highest BCUT2D eigenvalue weighted by Gasteiger charge is 2.35. The average Bonchev–Trinajstić information content (AvgIpc) is 3.19. The Kier molecular flexibility index (Phi) is 5.25. The largest absolute Gasteiger partial charge is 0.331 e. The van der Waals surface area contributed by atoms with Gasteiger partial charge in [0.05, 0.1) is 11.4 Å². The molecule has 8 heteroatoms. The Labute approximate surface area is 191 Å². The first-order chi connectivity index (χ1) is 15.9. The van der Waals surface area contributed by atoms with Crippen molar-refractivity contribution in [3.8, 4) is 5.69 Å². The van der Waals surface area contributed by atoms with Crippen LogP contribution in [0, 0.1) is 19.7 Å². The molecule has 2 amide bonds. The number of hydrogen-bond acceptors (Lipinski definition) is 4. The van der Waals surface area contributed by atoms with Crippen LogP contribution in [-0.4, -0.2) is 35.2 Å². The minimum Gasteiger partial charge on any atom is -0.309 e. The van der Waals surface area contributed by atoms with Gasteiger partial charge in [0, 0.05) is 36.9 Å². The number of nitrogens with zero attached hydrogens (tertiary/aromatic N) is 4. The summed E-state index contributed by atoms with van der Waals surface area (Å²) in [6.07, 6.45) is 0.551. The SMILES string of the molecule is Cc1cc(-n2c(N3CCN(c4ccccc4)C3=O)nc3c(c2=O)CCN[C@H]3C)cc(C)c1F. The molecule has 3 aromatic rings. The van der Waals surface area contributed by atoms with E-state index in [4.69, 9.17) is 4.98 Å². The van der Waals surface area contributed by atoms with E-state index in [-0.39, 0.29) is 29.4 Å². The quantitative estimate of drug-likeness (QED) is 0.666. The average molecular weight is 448 g/mol. The summed E-state index contributed by atoms with van der Waals surface area (Å²) in [5.74, 6) is -0.0345. The number of amides is 2. The molecule has 0 saturated carbocycles. The van der Waals surface area contributed by atoms with E-state index in [1.807, 2.05) is 37.3 Å². The zero-order valence-electron chi connectivity index (χ0n) is 18.9. The van der Waals surface area contributed by atoms with E-state index >= 15 is 0 Å². The van der Waals surface area contributed by atoms with E-state index in [0.717, 1.165) is 5.69 Å². The summed E-state index contributed by atoms with van der Waals surface area (Å²) in [5.41, 5.74) is 3.28. The fourth-order valence-electron chi connectivity index (χ4n) is 4.70. The maximum atomic E-state index is 14.4. The van der Waals surface area contributed by atoms with Crippen LogP contribution in [0.15, 0.2) is 47.3 Å². The Morgan fingerprint density at radius 3 is 2.36 bits per heavy atom. The van der Waals surface area contributed by atoms with E-state index in [0.29, 0.717) is 54.1 Å². The van der Waals surface area contributed by atoms with Crippen LogP contribution in [0.1, 0.15) is 35.3 Å². The molecular weight excluding hydrogens is 421 g/mol. The van der Waals surface area contributed by atoms with Gasteiger partial charge in [-0.1, -0.05) is 18.2 Å². The fraction of sp³-hybridized carbons (Fsp3) is 0.320. The molecule has 2 aliphatic heterocycles. The topological polar surface area (TPSA) is 70.5 Å². The summed E-state index contributed by atoms with van der Waals surface area (Å²) in [7, 11) is 0. The van der Waals surface area contributed by atoms with Crippen LogP contribution in [0.4, 0.5) is 20.8 Å². The first-order valence-corrected chi connectivity index (χ1v) is 11.2. The lowest BCUT2D eigenvalue weighted by atomic mass is 10.0. The van der Waals surface area contributed by atoms with Crippen molar-refractivity contribution in [2.75, 3.05) is 29.4 Å². The van der Waals surface area contributed by atoms with Gasteiger partial charge in [-0.3, -0.25) is 14.6 Å². The predicted octanol–water partition coefficient (Wildman–Crippen LogP) is 3.64. The van der Waals surface area contributed by atoms with Crippen LogP contribution in [0.5, 0.6) is 0 Å². The second-order valence-electron chi connectivity index (χ2n) is 8.66. The molecule has 33 heavy (non-hydrogen) atoms. The Bertz CT molecular complexity index is 1280. The standard InChI is InChI=1S/C25H26FN5O2/c1-15-13-19(14-16(2)21(15)26)31-23(32)20-9-10-27-17(3)22(20)28-24(31)30-12-11-29(25(30)33)18-7-5-4-6-8-18/h4-8,13-14,17,27H,9-12H2,1-3H3/t17-/m0/s1. The second-order valence-corrected chi connectivity index (χ2v) is 8.66. The number of halogens is 1. The molecule has 0 aliphatic carbocycles. The molecule has 0 radical (unpaired) electrons. The third-order valence-electron chi connectivity index (χ3n) is 6.42. The minimum absolute atomic E-state index is 0.102. The van der Waals surface area contributed by atoms with Crippen molar-refractivity contribution >= 4 is 17.7 Å². The fourth-order valence-corrected chi connectivity index (χ4v) is 4.70. The number of nitrogens with one attached hydrogen (secondary N) is 1. The van der Waals surface area contributed by atoms with Crippen molar-refractivity contribution in [1.82, 2.24) is 14.9 Å². The zero-order chi connectivity index (χ0) is 23.3. The number of aromatic nitrogens is 2. The van der Waals surface area contributed by atoms with Crippen molar-refractivity contribution in [3.63, 3.8) is 0 Å². The Morgan fingerprint density at radius 1 is 1.00 bits per heavy atom. The van der Waals surface area contributed by atoms with Crippen molar-refractivity contribution in [2.24, 2.45) is 0 Å². The highest BCUT2D eigenvalue weighted by Crippen LogP contribution is 2.29. The molecule has 1 saturated heterocycles. The number of carbonyl (C=O) groups is 1. The van der Waals surface area contributed by atoms with Crippen LogP contribution in [0.2, 0.25) is 0 Å². The summed E-state index contributed by atoms with van der Waals surface area (Å²) in [6.45, 7) is 6.85. The van der Waals surface area contributed by atoms with Gasteiger partial charge in [-0.15, -0.1) is 0 Å². The molecule has 2 aromatic carbocycles. The van der Waals surface area contributed by atoms with Crippen LogP contribution in [0.25, 0.3) is 5.69 Å². The van der Waals surface area contributed by atoms with Crippen LogP contribution in [0.3, 0.4) is 0 Å². The Hall–Kier alpha value is -3.52. The molecule has 1 atom stereocenters. The lowest BCUT2D eigenvalue weighted by molar-refractivity contribution is 0.255. The van der Waals surface area contributed by atoms with E-state index in [2.05, 4.69) is 5.32 Å². The lowest BCUT2D eigenvalue weighted by Gasteiger charge is -2.27. The van der Waals surface area contributed by atoms with Crippen molar-refractivity contribution in [3.05, 3.63) is 81.0 Å². The smallest absolute Gasteiger partial charge is 0.309 e. The van der Waals surface area contributed by atoms with E-state index in [1.54, 1.807) is 35.8 Å². The number of anilines is 2. The van der Waals surface area contributed by atoms with Crippen molar-refractivity contribution in [1.29, 1.82) is 0 Å². The Morgan fingerprint density at radius 2 is 1.67 bits per heavy atom. The third kappa shape index (κ3) is 3.51. The molecule has 2 aliphatic rings. The van der Waals surface area contributed by atoms with Gasteiger partial charge in [0.1, 0.15) is 5.82 Å². The van der Waals surface area contributed by atoms with Gasteiger partial charge in [0.25, 0.3) is 5.56 Å². The van der Waals surface area contributed by atoms with E-state index in [1.165, 1.54) is 4.57 Å². The predicted molar refractivity (Wildman–Crippen MR) is 126 cm³/mol. The van der Waals surface area contributed by atoms with Crippen molar-refractivity contribution < 1.29 is 9.18 Å². The molecule has 1 aromatic heterocycles. The number of carbonyl (C=O) groups excluding carboxylic acids is 1. The second kappa shape index (κ2) is 8.12. The maximum Gasteiger partial charge on any atom is 0.331 e. The number of benzene rings is 2. The van der Waals surface area contributed by atoms with Gasteiger partial charge >= 0.3 is 6.03 Å². The first-order valence-electron chi connectivity index (χ1n) is 11.2. The molecule has 0 unspecified atom stereocenters. The molecule has 3 heterocycles. The van der Waals surface area contributed by atoms with Gasteiger partial charge in [-0.2, -0.15) is 0 Å². The molecule has 7 nitrogen and oxygen atoms in total. The van der Waals surface area contributed by atoms with Gasteiger partial charge in [0.2, 0.25) is 5.95 Å². The van der Waals surface area contributed by atoms with E-state index < -0.39 is 0 Å². The molecular formula is C25H26FN5O2. The molecule has 1 N–H and O–H groups in total. The molecule has 0 bridgehead atoms. The molecule has 5 rings (SSSR count). The third-order valence-corrected chi connectivity index (χ3v) is 6.42. The Balaban J connectivity index is 1.70. The summed E-state index contributed by atoms with van der Waals surface area (Å²) in [6, 6.07) is 12.4. The zero-order valence-corrected chi connectivity index (χ0v) is 18.9. The number of rotatable bonds is 3. The highest BCUT2D eigenvalue weighted by atomic mass is 19.1. The number of para-hydroxylation sites is 1. The summed E-state index contributed by atoms with van der Waals surface area (Å²) < 4.78 is 15.8. The van der Waals surface area contributed by atoms with Crippen LogP contribution in [-0.2, 0) is 6.42 Å². The summed E-state index contributed by atoms with van der Waals surface area (Å²) in [5, 5.41) is 3.34.